The molecular weight excluding hydrogens is 717 g/mol. The number of rotatable bonds is 4. The summed E-state index contributed by atoms with van der Waals surface area (Å²) in [6, 6.07) is 4.12. The fraction of sp³-hybridized carbons (Fsp3) is 0.658. The van der Waals surface area contributed by atoms with E-state index in [-0.39, 0.29) is 30.4 Å². The van der Waals surface area contributed by atoms with Gasteiger partial charge in [-0.05, 0) is 76.3 Å². The van der Waals surface area contributed by atoms with Crippen LogP contribution in [-0.2, 0) is 33.9 Å². The number of alkyl carbamates (subject to hydrolysis) is 1. The number of anilines is 1. The first kappa shape index (κ1) is 39.4. The molecule has 4 N–H and O–H groups in total. The van der Waals surface area contributed by atoms with Gasteiger partial charge < -0.3 is 35.2 Å². The Hall–Kier alpha value is -4.34. The highest BCUT2D eigenvalue weighted by atomic mass is 32.2. The van der Waals surface area contributed by atoms with Gasteiger partial charge in [-0.3, -0.25) is 14.4 Å². The normalized spacial score (nSPS) is 29.8. The number of para-hydroxylation sites is 1. The lowest BCUT2D eigenvalue weighted by Gasteiger charge is -2.30. The Morgan fingerprint density at radius 3 is 2.31 bits per heavy atom. The first-order chi connectivity index (χ1) is 26.0. The van der Waals surface area contributed by atoms with Crippen molar-refractivity contribution < 1.29 is 41.9 Å². The van der Waals surface area contributed by atoms with Gasteiger partial charge in [0.1, 0.15) is 34.7 Å². The standard InChI is InChI=1S/C38H54N6O9S/c1-2-26-24-38(26)35(47)42-54(50,51)32-19-11-10-17-29(32)39-20-12-5-3-4-7-18-30(40-36(48)52-27-15-8-9-16-27)34(46)44-25-28(23-31(44)33(45)41-38)53-37(49)43-21-13-6-14-22-43/h2,10-11,17,19,26-28,30-31,39H,1,3-9,12-16,18,20-25H2,(H,40,48)(H,41,45)(H,42,47)/t26-,28-,30+,31+,38-/m1/s1. The maximum absolute atomic E-state index is 14.5. The van der Waals surface area contributed by atoms with Crippen molar-refractivity contribution >= 4 is 45.6 Å². The molecule has 296 valence electrons. The molecule has 5 aliphatic rings. The number of ether oxygens (including phenoxy) is 2. The molecule has 2 saturated carbocycles. The van der Waals surface area contributed by atoms with Crippen molar-refractivity contribution in [2.75, 3.05) is 31.5 Å². The second-order valence-corrected chi connectivity index (χ2v) is 16.9. The van der Waals surface area contributed by atoms with E-state index in [1.54, 1.807) is 23.1 Å². The third-order valence-corrected chi connectivity index (χ3v) is 12.7. The minimum absolute atomic E-state index is 0.0514. The molecule has 6 rings (SSSR count). The van der Waals surface area contributed by atoms with Crippen LogP contribution in [0.15, 0.2) is 41.8 Å². The van der Waals surface area contributed by atoms with Gasteiger partial charge in [0.15, 0.2) is 0 Å². The fourth-order valence-electron chi connectivity index (χ4n) is 8.14. The van der Waals surface area contributed by atoms with Gasteiger partial charge in [0.25, 0.3) is 15.9 Å². The number of piperidine rings is 1. The second kappa shape index (κ2) is 17.4. The Bertz CT molecular complexity index is 1680. The van der Waals surface area contributed by atoms with Crippen molar-refractivity contribution in [3.8, 4) is 0 Å². The molecule has 2 saturated heterocycles. The molecule has 5 atom stereocenters. The lowest BCUT2D eigenvalue weighted by molar-refractivity contribution is -0.141. The lowest BCUT2D eigenvalue weighted by Crippen LogP contribution is -2.58. The Kier molecular flexibility index (Phi) is 12.7. The van der Waals surface area contributed by atoms with Gasteiger partial charge in [-0.2, -0.15) is 0 Å². The Morgan fingerprint density at radius 1 is 0.889 bits per heavy atom. The van der Waals surface area contributed by atoms with Gasteiger partial charge in [0.05, 0.1) is 12.2 Å². The van der Waals surface area contributed by atoms with Crippen LogP contribution >= 0.6 is 0 Å². The number of fused-ring (bicyclic) bond motifs is 2. The number of sulfonamides is 1. The maximum atomic E-state index is 14.5. The monoisotopic (exact) mass is 770 g/mol. The molecule has 5 amide bonds. The summed E-state index contributed by atoms with van der Waals surface area (Å²) in [7, 11) is -4.37. The molecule has 1 spiro atoms. The highest BCUT2D eigenvalue weighted by Crippen LogP contribution is 2.45. The summed E-state index contributed by atoms with van der Waals surface area (Å²) in [5.41, 5.74) is -1.29. The van der Waals surface area contributed by atoms with Crippen molar-refractivity contribution in [2.24, 2.45) is 5.92 Å². The number of carbonyl (C=O) groups excluding carboxylic acids is 5. The quantitative estimate of drug-likeness (QED) is 0.326. The first-order valence-electron chi connectivity index (χ1n) is 19.6. The average Bonchev–Trinajstić information content (AvgIpc) is 3.42. The van der Waals surface area contributed by atoms with Crippen LogP contribution in [0.4, 0.5) is 15.3 Å². The van der Waals surface area contributed by atoms with Crippen molar-refractivity contribution in [3.63, 3.8) is 0 Å². The Balaban J connectivity index is 1.28. The minimum Gasteiger partial charge on any atom is -0.446 e. The summed E-state index contributed by atoms with van der Waals surface area (Å²) in [6.07, 6.45) is 9.50. The van der Waals surface area contributed by atoms with Crippen molar-refractivity contribution in [1.82, 2.24) is 25.2 Å². The molecule has 0 unspecified atom stereocenters. The van der Waals surface area contributed by atoms with Crippen LogP contribution in [0.1, 0.15) is 96.3 Å². The number of hydrogen-bond donors (Lipinski definition) is 4. The zero-order valence-corrected chi connectivity index (χ0v) is 31.7. The number of nitrogens with one attached hydrogen (secondary N) is 4. The lowest BCUT2D eigenvalue weighted by atomic mass is 10.0. The third-order valence-electron chi connectivity index (χ3n) is 11.3. The van der Waals surface area contributed by atoms with Gasteiger partial charge in [-0.1, -0.05) is 43.9 Å². The molecule has 3 aliphatic heterocycles. The van der Waals surface area contributed by atoms with Crippen LogP contribution in [0.25, 0.3) is 0 Å². The molecular formula is C38H54N6O9S. The highest BCUT2D eigenvalue weighted by Gasteiger charge is 2.61. The van der Waals surface area contributed by atoms with Gasteiger partial charge in [0.2, 0.25) is 11.8 Å². The maximum Gasteiger partial charge on any atom is 0.410 e. The van der Waals surface area contributed by atoms with Gasteiger partial charge in [0, 0.05) is 32.0 Å². The molecule has 54 heavy (non-hydrogen) atoms. The molecule has 2 aliphatic carbocycles. The zero-order valence-electron chi connectivity index (χ0n) is 30.9. The topological polar surface area (TPSA) is 193 Å². The molecule has 1 aromatic carbocycles. The minimum atomic E-state index is -4.37. The first-order valence-corrected chi connectivity index (χ1v) is 21.1. The van der Waals surface area contributed by atoms with Crippen molar-refractivity contribution in [1.29, 1.82) is 0 Å². The zero-order chi connectivity index (χ0) is 38.3. The average molecular weight is 771 g/mol. The summed E-state index contributed by atoms with van der Waals surface area (Å²) < 4.78 is 41.0. The van der Waals surface area contributed by atoms with E-state index < -0.39 is 69.6 Å². The summed E-state index contributed by atoms with van der Waals surface area (Å²) in [4.78, 5) is 71.8. The molecule has 0 bridgehead atoms. The summed E-state index contributed by atoms with van der Waals surface area (Å²) in [6.45, 7) is 5.29. The van der Waals surface area contributed by atoms with Crippen LogP contribution in [0.2, 0.25) is 0 Å². The second-order valence-electron chi connectivity index (χ2n) is 15.2. The molecule has 0 radical (unpaired) electrons. The van der Waals surface area contributed by atoms with Crippen LogP contribution < -0.4 is 20.7 Å². The van der Waals surface area contributed by atoms with E-state index in [4.69, 9.17) is 9.47 Å². The Labute approximate surface area is 317 Å². The summed E-state index contributed by atoms with van der Waals surface area (Å²) >= 11 is 0. The number of benzene rings is 1. The highest BCUT2D eigenvalue weighted by molar-refractivity contribution is 7.90. The molecule has 15 nitrogen and oxygen atoms in total. The summed E-state index contributed by atoms with van der Waals surface area (Å²) in [5, 5.41) is 8.74. The van der Waals surface area contributed by atoms with Gasteiger partial charge in [-0.15, -0.1) is 6.58 Å². The smallest absolute Gasteiger partial charge is 0.410 e. The third kappa shape index (κ3) is 9.29. The van der Waals surface area contributed by atoms with Crippen LogP contribution in [0.5, 0.6) is 0 Å². The van der Waals surface area contributed by atoms with E-state index in [0.29, 0.717) is 38.2 Å². The predicted octanol–water partition coefficient (Wildman–Crippen LogP) is 3.95. The van der Waals surface area contributed by atoms with Crippen molar-refractivity contribution in [2.45, 2.75) is 131 Å². The number of nitrogens with zero attached hydrogens (tertiary/aromatic N) is 2. The van der Waals surface area contributed by atoms with E-state index >= 15 is 0 Å². The molecule has 16 heteroatoms. The SMILES string of the molecule is C=C[C@@H]1C[C@@]12NC(=O)[C@@H]1C[C@@H](OC(=O)N3CCCCC3)CN1C(=O)[C@@H](NC(=O)OC1CCCC1)CCCCCCCNc1ccccc1S(=O)(=O)NC2=O. The molecule has 1 aromatic rings. The van der Waals surface area contributed by atoms with E-state index in [2.05, 4.69) is 27.3 Å². The molecule has 0 aromatic heterocycles. The van der Waals surface area contributed by atoms with Crippen molar-refractivity contribution in [3.05, 3.63) is 36.9 Å². The number of carbonyl (C=O) groups is 5. The number of amides is 5. The van der Waals surface area contributed by atoms with Crippen LogP contribution in [0, 0.1) is 5.92 Å². The fourth-order valence-corrected chi connectivity index (χ4v) is 9.36. The Morgan fingerprint density at radius 2 is 1.57 bits per heavy atom. The number of hydrogen-bond acceptors (Lipinski definition) is 10. The van der Waals surface area contributed by atoms with E-state index in [0.717, 1.165) is 70.6 Å². The van der Waals surface area contributed by atoms with Crippen LogP contribution in [0.3, 0.4) is 0 Å². The largest absolute Gasteiger partial charge is 0.446 e. The van der Waals surface area contributed by atoms with E-state index in [1.165, 1.54) is 17.0 Å². The van der Waals surface area contributed by atoms with E-state index in [9.17, 15) is 32.4 Å². The molecule has 3 heterocycles. The molecule has 4 fully saturated rings. The van der Waals surface area contributed by atoms with Gasteiger partial charge in [-0.25, -0.2) is 22.7 Å². The van der Waals surface area contributed by atoms with Gasteiger partial charge >= 0.3 is 12.2 Å². The summed E-state index contributed by atoms with van der Waals surface area (Å²) in [5.74, 6) is -2.74. The number of likely N-dealkylation sites (tertiary alicyclic amines) is 1. The van der Waals surface area contributed by atoms with E-state index in [1.807, 2.05) is 0 Å². The van der Waals surface area contributed by atoms with Crippen LogP contribution in [-0.4, -0.2) is 104 Å². The predicted molar refractivity (Wildman–Crippen MR) is 199 cm³/mol.